The second-order valence-electron chi connectivity index (χ2n) is 7.10. The number of Topliss-reactive ketones (excluding diaryl/α,β-unsaturated/α-hetero) is 1. The average Bonchev–Trinajstić information content (AvgIpc) is 2.58. The number of carbonyl (C=O) groups excluding carboxylic acids is 1. The molecule has 0 saturated carbocycles. The van der Waals surface area contributed by atoms with Gasteiger partial charge in [0.2, 0.25) is 0 Å². The van der Waals surface area contributed by atoms with E-state index in [1.54, 1.807) is 0 Å². The molecular weight excluding hydrogens is 314 g/mol. The SMILES string of the molecule is CCCCCCN(C)C(C)(C)C(=O)c1ccc(SCCCC)cc1. The van der Waals surface area contributed by atoms with Crippen LogP contribution in [0.2, 0.25) is 0 Å². The summed E-state index contributed by atoms with van der Waals surface area (Å²) in [5.74, 6) is 1.36. The van der Waals surface area contributed by atoms with Crippen LogP contribution in [-0.4, -0.2) is 35.6 Å². The third kappa shape index (κ3) is 6.60. The van der Waals surface area contributed by atoms with Gasteiger partial charge in [0.15, 0.2) is 5.78 Å². The Hall–Kier alpha value is -0.800. The summed E-state index contributed by atoms with van der Waals surface area (Å²) in [5.41, 5.74) is 0.364. The van der Waals surface area contributed by atoms with E-state index in [1.165, 1.54) is 37.0 Å². The first kappa shape index (κ1) is 21.2. The van der Waals surface area contributed by atoms with Gasteiger partial charge in [0.25, 0.3) is 0 Å². The van der Waals surface area contributed by atoms with Crippen molar-refractivity contribution in [3.05, 3.63) is 29.8 Å². The normalized spacial score (nSPS) is 11.9. The van der Waals surface area contributed by atoms with E-state index in [0.29, 0.717) is 0 Å². The third-order valence-electron chi connectivity index (χ3n) is 4.74. The molecule has 0 aliphatic heterocycles. The van der Waals surface area contributed by atoms with E-state index < -0.39 is 5.54 Å². The molecule has 0 heterocycles. The minimum absolute atomic E-state index is 0.214. The van der Waals surface area contributed by atoms with Gasteiger partial charge in [-0.3, -0.25) is 9.69 Å². The fraction of sp³-hybridized carbons (Fsp3) is 0.667. The molecule has 0 N–H and O–H groups in total. The minimum atomic E-state index is -0.455. The quantitative estimate of drug-likeness (QED) is 0.260. The van der Waals surface area contributed by atoms with E-state index >= 15 is 0 Å². The van der Waals surface area contributed by atoms with Gasteiger partial charge in [0.1, 0.15) is 0 Å². The first-order valence-corrected chi connectivity index (χ1v) is 10.4. The number of thioether (sulfide) groups is 1. The Kier molecular flexibility index (Phi) is 9.68. The van der Waals surface area contributed by atoms with Gasteiger partial charge in [-0.2, -0.15) is 0 Å². The van der Waals surface area contributed by atoms with E-state index in [2.05, 4.69) is 37.9 Å². The number of rotatable bonds is 12. The Morgan fingerprint density at radius 2 is 1.62 bits per heavy atom. The summed E-state index contributed by atoms with van der Waals surface area (Å²) in [5, 5.41) is 0. The third-order valence-corrected chi connectivity index (χ3v) is 5.84. The van der Waals surface area contributed by atoms with Gasteiger partial charge in [-0.05, 0) is 58.2 Å². The van der Waals surface area contributed by atoms with Crippen molar-refractivity contribution in [2.75, 3.05) is 19.3 Å². The van der Waals surface area contributed by atoms with Crippen LogP contribution in [0, 0.1) is 0 Å². The number of nitrogens with zero attached hydrogens (tertiary/aromatic N) is 1. The van der Waals surface area contributed by atoms with E-state index in [-0.39, 0.29) is 5.78 Å². The summed E-state index contributed by atoms with van der Waals surface area (Å²) in [6.07, 6.45) is 7.39. The van der Waals surface area contributed by atoms with Crippen LogP contribution < -0.4 is 0 Å². The van der Waals surface area contributed by atoms with Gasteiger partial charge >= 0.3 is 0 Å². The molecule has 0 aliphatic rings. The van der Waals surface area contributed by atoms with Crippen molar-refractivity contribution in [3.8, 4) is 0 Å². The van der Waals surface area contributed by atoms with Crippen molar-refractivity contribution < 1.29 is 4.79 Å². The Labute approximate surface area is 153 Å². The molecule has 3 heteroatoms. The molecule has 0 aliphatic carbocycles. The number of hydrogen-bond donors (Lipinski definition) is 0. The Bertz CT molecular complexity index is 481. The summed E-state index contributed by atoms with van der Waals surface area (Å²) in [7, 11) is 2.07. The number of unbranched alkanes of at least 4 members (excludes halogenated alkanes) is 4. The minimum Gasteiger partial charge on any atom is -0.294 e. The number of hydrogen-bond acceptors (Lipinski definition) is 3. The number of carbonyl (C=O) groups is 1. The van der Waals surface area contributed by atoms with Crippen molar-refractivity contribution in [2.45, 2.75) is 76.7 Å². The maximum Gasteiger partial charge on any atom is 0.182 e. The molecule has 1 aromatic carbocycles. The molecular formula is C21H35NOS. The van der Waals surface area contributed by atoms with Crippen molar-refractivity contribution >= 4 is 17.5 Å². The topological polar surface area (TPSA) is 20.3 Å². The molecule has 0 radical (unpaired) electrons. The van der Waals surface area contributed by atoms with Crippen LogP contribution >= 0.6 is 11.8 Å². The fourth-order valence-corrected chi connectivity index (χ4v) is 3.62. The zero-order valence-electron chi connectivity index (χ0n) is 16.2. The molecule has 136 valence electrons. The van der Waals surface area contributed by atoms with Crippen LogP contribution in [0.15, 0.2) is 29.2 Å². The second-order valence-corrected chi connectivity index (χ2v) is 8.27. The second kappa shape index (κ2) is 10.9. The van der Waals surface area contributed by atoms with Crippen molar-refractivity contribution in [1.82, 2.24) is 4.90 Å². The highest BCUT2D eigenvalue weighted by molar-refractivity contribution is 7.99. The largest absolute Gasteiger partial charge is 0.294 e. The first-order valence-electron chi connectivity index (χ1n) is 9.42. The monoisotopic (exact) mass is 349 g/mol. The summed E-state index contributed by atoms with van der Waals surface area (Å²) in [6, 6.07) is 8.16. The highest BCUT2D eigenvalue weighted by Gasteiger charge is 2.32. The molecule has 2 nitrogen and oxygen atoms in total. The predicted octanol–water partition coefficient (Wildman–Crippen LogP) is 6.05. The van der Waals surface area contributed by atoms with Gasteiger partial charge in [-0.25, -0.2) is 0 Å². The predicted molar refractivity (Wildman–Crippen MR) is 107 cm³/mol. The van der Waals surface area contributed by atoms with Crippen molar-refractivity contribution in [2.24, 2.45) is 0 Å². The van der Waals surface area contributed by atoms with Gasteiger partial charge in [-0.15, -0.1) is 11.8 Å². The highest BCUT2D eigenvalue weighted by atomic mass is 32.2. The van der Waals surface area contributed by atoms with Gasteiger partial charge in [0.05, 0.1) is 5.54 Å². The Morgan fingerprint density at radius 1 is 1.00 bits per heavy atom. The Morgan fingerprint density at radius 3 is 2.21 bits per heavy atom. The Balaban J connectivity index is 2.62. The van der Waals surface area contributed by atoms with Crippen LogP contribution in [0.3, 0.4) is 0 Å². The highest BCUT2D eigenvalue weighted by Crippen LogP contribution is 2.24. The lowest BCUT2D eigenvalue weighted by Crippen LogP contribution is -2.48. The zero-order chi connectivity index (χ0) is 18.0. The maximum absolute atomic E-state index is 12.9. The molecule has 0 saturated heterocycles. The lowest BCUT2D eigenvalue weighted by atomic mass is 9.91. The van der Waals surface area contributed by atoms with Crippen LogP contribution in [0.25, 0.3) is 0 Å². The standard InChI is InChI=1S/C21H35NOS/c1-6-8-10-11-16-22(5)21(3,4)20(23)18-12-14-19(15-13-18)24-17-9-7-2/h12-15H,6-11,16-17H2,1-5H3. The number of ketones is 1. The van der Waals surface area contributed by atoms with E-state index in [4.69, 9.17) is 0 Å². The number of likely N-dealkylation sites (N-methyl/N-ethyl adjacent to an activating group) is 1. The van der Waals surface area contributed by atoms with Crippen LogP contribution in [0.1, 0.15) is 76.6 Å². The van der Waals surface area contributed by atoms with Gasteiger partial charge < -0.3 is 0 Å². The lowest BCUT2D eigenvalue weighted by Gasteiger charge is -2.34. The molecule has 0 aromatic heterocycles. The zero-order valence-corrected chi connectivity index (χ0v) is 17.0. The molecule has 1 aromatic rings. The molecule has 0 unspecified atom stereocenters. The van der Waals surface area contributed by atoms with Crippen LogP contribution in [0.5, 0.6) is 0 Å². The van der Waals surface area contributed by atoms with E-state index in [1.807, 2.05) is 37.7 Å². The summed E-state index contributed by atoms with van der Waals surface area (Å²) in [4.78, 5) is 16.4. The molecule has 0 atom stereocenters. The van der Waals surface area contributed by atoms with Crippen molar-refractivity contribution in [3.63, 3.8) is 0 Å². The van der Waals surface area contributed by atoms with Gasteiger partial charge in [0, 0.05) is 10.5 Å². The fourth-order valence-electron chi connectivity index (χ4n) is 2.62. The number of benzene rings is 1. The summed E-state index contributed by atoms with van der Waals surface area (Å²) in [6.45, 7) is 9.49. The van der Waals surface area contributed by atoms with Gasteiger partial charge in [-0.1, -0.05) is 51.7 Å². The molecule has 0 fully saturated rings. The summed E-state index contributed by atoms with van der Waals surface area (Å²) < 4.78 is 0. The van der Waals surface area contributed by atoms with E-state index in [9.17, 15) is 4.79 Å². The lowest BCUT2D eigenvalue weighted by molar-refractivity contribution is 0.0703. The molecule has 0 amide bonds. The van der Waals surface area contributed by atoms with E-state index in [0.717, 1.165) is 24.3 Å². The molecule has 24 heavy (non-hydrogen) atoms. The molecule has 1 rings (SSSR count). The maximum atomic E-state index is 12.9. The molecule has 0 bridgehead atoms. The first-order chi connectivity index (χ1) is 11.4. The van der Waals surface area contributed by atoms with Crippen LogP contribution in [0.4, 0.5) is 0 Å². The molecule has 0 spiro atoms. The summed E-state index contributed by atoms with van der Waals surface area (Å²) >= 11 is 1.87. The van der Waals surface area contributed by atoms with Crippen LogP contribution in [-0.2, 0) is 0 Å². The smallest absolute Gasteiger partial charge is 0.182 e. The average molecular weight is 350 g/mol. The van der Waals surface area contributed by atoms with Crippen molar-refractivity contribution in [1.29, 1.82) is 0 Å².